The molecule has 0 aliphatic rings. The van der Waals surface area contributed by atoms with E-state index in [0.29, 0.717) is 5.69 Å². The molecule has 0 spiro atoms. The summed E-state index contributed by atoms with van der Waals surface area (Å²) in [5.74, 6) is 0. The molecule has 2 aromatic carbocycles. The second kappa shape index (κ2) is 5.14. The maximum absolute atomic E-state index is 10.6. The lowest BCUT2D eigenvalue weighted by atomic mass is 10.1. The molecule has 0 atom stereocenters. The van der Waals surface area contributed by atoms with E-state index in [0.717, 1.165) is 11.1 Å². The predicted octanol–water partition coefficient (Wildman–Crippen LogP) is 3.35. The summed E-state index contributed by atoms with van der Waals surface area (Å²) in [5, 5.41) is 10.6. The van der Waals surface area contributed by atoms with E-state index in [4.69, 9.17) is 5.73 Å². The molecule has 0 saturated heterocycles. The van der Waals surface area contributed by atoms with E-state index in [1.807, 2.05) is 42.5 Å². The lowest BCUT2D eigenvalue weighted by Gasteiger charge is -1.96. The van der Waals surface area contributed by atoms with Crippen LogP contribution in [0.3, 0.4) is 0 Å². The van der Waals surface area contributed by atoms with Crippen LogP contribution >= 0.6 is 0 Å². The highest BCUT2D eigenvalue weighted by atomic mass is 16.6. The molecule has 0 radical (unpaired) electrons. The van der Waals surface area contributed by atoms with E-state index in [1.54, 1.807) is 6.07 Å². The number of nitrogens with zero attached hydrogens (tertiary/aromatic N) is 1. The number of benzene rings is 2. The van der Waals surface area contributed by atoms with Crippen molar-refractivity contribution in [2.45, 2.75) is 0 Å². The summed E-state index contributed by atoms with van der Waals surface area (Å²) in [4.78, 5) is 10.2. The number of rotatable bonds is 3. The maximum atomic E-state index is 10.6. The lowest BCUT2D eigenvalue weighted by molar-refractivity contribution is -0.384. The van der Waals surface area contributed by atoms with Crippen molar-refractivity contribution in [2.24, 2.45) is 0 Å². The number of nitro groups is 1. The maximum Gasteiger partial charge on any atom is 0.270 e. The molecule has 0 heterocycles. The third-order valence-corrected chi connectivity index (χ3v) is 2.49. The monoisotopic (exact) mass is 240 g/mol. The average molecular weight is 240 g/mol. The Kier molecular flexibility index (Phi) is 3.38. The molecule has 0 unspecified atom stereocenters. The Bertz CT molecular complexity index is 589. The molecule has 0 aliphatic heterocycles. The Morgan fingerprint density at radius 3 is 2.33 bits per heavy atom. The van der Waals surface area contributed by atoms with Crippen molar-refractivity contribution in [2.75, 3.05) is 5.73 Å². The molecule has 2 rings (SSSR count). The van der Waals surface area contributed by atoms with Gasteiger partial charge in [-0.1, -0.05) is 36.4 Å². The Labute approximate surface area is 105 Å². The summed E-state index contributed by atoms with van der Waals surface area (Å²) >= 11 is 0. The van der Waals surface area contributed by atoms with Crippen LogP contribution in [0, 0.1) is 10.1 Å². The highest BCUT2D eigenvalue weighted by Crippen LogP contribution is 2.16. The summed E-state index contributed by atoms with van der Waals surface area (Å²) < 4.78 is 0. The first-order valence-electron chi connectivity index (χ1n) is 5.43. The van der Waals surface area contributed by atoms with Crippen molar-refractivity contribution < 1.29 is 4.92 Å². The van der Waals surface area contributed by atoms with Gasteiger partial charge in [-0.25, -0.2) is 0 Å². The van der Waals surface area contributed by atoms with E-state index in [-0.39, 0.29) is 5.69 Å². The van der Waals surface area contributed by atoms with Gasteiger partial charge in [-0.2, -0.15) is 0 Å². The van der Waals surface area contributed by atoms with Gasteiger partial charge in [0.2, 0.25) is 0 Å². The molecular weight excluding hydrogens is 228 g/mol. The van der Waals surface area contributed by atoms with Crippen LogP contribution in [0.5, 0.6) is 0 Å². The molecule has 0 aromatic heterocycles. The highest BCUT2D eigenvalue weighted by Gasteiger charge is 2.03. The van der Waals surface area contributed by atoms with Gasteiger partial charge in [0.15, 0.2) is 0 Å². The number of nitrogens with two attached hydrogens (primary N) is 1. The number of non-ortho nitro benzene ring substituents is 1. The number of hydrogen-bond acceptors (Lipinski definition) is 3. The smallest absolute Gasteiger partial charge is 0.270 e. The van der Waals surface area contributed by atoms with Crippen molar-refractivity contribution in [3.05, 3.63) is 69.8 Å². The highest BCUT2D eigenvalue weighted by molar-refractivity contribution is 5.71. The van der Waals surface area contributed by atoms with Crippen molar-refractivity contribution in [1.82, 2.24) is 0 Å². The molecule has 90 valence electrons. The number of anilines is 1. The second-order valence-electron chi connectivity index (χ2n) is 3.85. The molecular formula is C14H12N2O2. The normalized spacial score (nSPS) is 10.7. The molecule has 0 amide bonds. The quantitative estimate of drug-likeness (QED) is 0.387. The summed E-state index contributed by atoms with van der Waals surface area (Å²) in [6, 6.07) is 13.9. The summed E-state index contributed by atoms with van der Waals surface area (Å²) in [7, 11) is 0. The van der Waals surface area contributed by atoms with Crippen molar-refractivity contribution >= 4 is 23.5 Å². The summed E-state index contributed by atoms with van der Waals surface area (Å²) in [6.07, 6.45) is 3.72. The first-order chi connectivity index (χ1) is 8.65. The Morgan fingerprint density at radius 2 is 1.67 bits per heavy atom. The van der Waals surface area contributed by atoms with Crippen molar-refractivity contribution in [3.63, 3.8) is 0 Å². The van der Waals surface area contributed by atoms with Gasteiger partial charge in [-0.05, 0) is 23.3 Å². The van der Waals surface area contributed by atoms with E-state index in [2.05, 4.69) is 0 Å². The number of nitro benzene ring substituents is 1. The predicted molar refractivity (Wildman–Crippen MR) is 72.9 cm³/mol. The van der Waals surface area contributed by atoms with E-state index in [1.165, 1.54) is 12.1 Å². The van der Waals surface area contributed by atoms with E-state index < -0.39 is 4.92 Å². The topological polar surface area (TPSA) is 69.2 Å². The third kappa shape index (κ3) is 2.95. The van der Waals surface area contributed by atoms with E-state index in [9.17, 15) is 10.1 Å². The van der Waals surface area contributed by atoms with Crippen LogP contribution in [0.4, 0.5) is 11.4 Å². The van der Waals surface area contributed by atoms with Crippen molar-refractivity contribution in [3.8, 4) is 0 Å². The van der Waals surface area contributed by atoms with Crippen LogP contribution < -0.4 is 5.73 Å². The molecule has 4 nitrogen and oxygen atoms in total. The molecule has 4 heteroatoms. The van der Waals surface area contributed by atoms with Gasteiger partial charge in [0.05, 0.1) is 4.92 Å². The minimum atomic E-state index is -0.402. The second-order valence-corrected chi connectivity index (χ2v) is 3.85. The Hall–Kier alpha value is -2.62. The first kappa shape index (κ1) is 11.9. The zero-order valence-electron chi connectivity index (χ0n) is 9.61. The molecule has 2 N–H and O–H groups in total. The molecule has 0 fully saturated rings. The van der Waals surface area contributed by atoms with Gasteiger partial charge in [0.25, 0.3) is 5.69 Å². The Balaban J connectivity index is 2.20. The van der Waals surface area contributed by atoms with E-state index >= 15 is 0 Å². The van der Waals surface area contributed by atoms with Crippen molar-refractivity contribution in [1.29, 1.82) is 0 Å². The van der Waals surface area contributed by atoms with Crippen LogP contribution in [0.2, 0.25) is 0 Å². The molecule has 0 bridgehead atoms. The fourth-order valence-corrected chi connectivity index (χ4v) is 1.54. The first-order valence-corrected chi connectivity index (χ1v) is 5.43. The standard InChI is InChI=1S/C14H12N2O2/c15-13-8-6-11(7-9-13)4-5-12-2-1-3-14(10-12)16(17)18/h1-10H,15H2/b5-4+. The summed E-state index contributed by atoms with van der Waals surface area (Å²) in [5.41, 5.74) is 8.18. The van der Waals surface area contributed by atoms with Crippen LogP contribution in [-0.2, 0) is 0 Å². The van der Waals surface area contributed by atoms with Crippen LogP contribution in [-0.4, -0.2) is 4.92 Å². The SMILES string of the molecule is Nc1ccc(/C=C/c2cccc([N+](=O)[O-])c2)cc1. The Morgan fingerprint density at radius 1 is 1.00 bits per heavy atom. The van der Waals surface area contributed by atoms with Gasteiger partial charge in [0, 0.05) is 17.8 Å². The summed E-state index contributed by atoms with van der Waals surface area (Å²) in [6.45, 7) is 0. The zero-order valence-corrected chi connectivity index (χ0v) is 9.61. The largest absolute Gasteiger partial charge is 0.399 e. The molecule has 18 heavy (non-hydrogen) atoms. The fourth-order valence-electron chi connectivity index (χ4n) is 1.54. The zero-order chi connectivity index (χ0) is 13.0. The molecule has 2 aromatic rings. The van der Waals surface area contributed by atoms with Gasteiger partial charge < -0.3 is 5.73 Å². The fraction of sp³-hybridized carbons (Fsp3) is 0. The van der Waals surface area contributed by atoms with Gasteiger partial charge in [-0.15, -0.1) is 0 Å². The minimum absolute atomic E-state index is 0.0921. The van der Waals surface area contributed by atoms with Gasteiger partial charge in [-0.3, -0.25) is 10.1 Å². The molecule has 0 aliphatic carbocycles. The van der Waals surface area contributed by atoms with Crippen LogP contribution in [0.1, 0.15) is 11.1 Å². The van der Waals surface area contributed by atoms with Gasteiger partial charge >= 0.3 is 0 Å². The third-order valence-electron chi connectivity index (χ3n) is 2.49. The minimum Gasteiger partial charge on any atom is -0.399 e. The number of nitrogen functional groups attached to an aromatic ring is 1. The lowest BCUT2D eigenvalue weighted by Crippen LogP contribution is -1.87. The number of hydrogen-bond donors (Lipinski definition) is 1. The van der Waals surface area contributed by atoms with Gasteiger partial charge in [0.1, 0.15) is 0 Å². The van der Waals surface area contributed by atoms with Crippen LogP contribution in [0.15, 0.2) is 48.5 Å². The average Bonchev–Trinajstić information content (AvgIpc) is 2.38. The molecule has 0 saturated carbocycles. The van der Waals surface area contributed by atoms with Crippen LogP contribution in [0.25, 0.3) is 12.2 Å².